The van der Waals surface area contributed by atoms with Crippen molar-refractivity contribution in [2.24, 2.45) is 0 Å². The predicted octanol–water partition coefficient (Wildman–Crippen LogP) is 9.18. The lowest BCUT2D eigenvalue weighted by Crippen LogP contribution is -1.98. The summed E-state index contributed by atoms with van der Waals surface area (Å²) < 4.78 is 2.28. The van der Waals surface area contributed by atoms with E-state index in [-0.39, 0.29) is 0 Å². The second-order valence-corrected chi connectivity index (χ2v) is 9.28. The molecule has 37 heavy (non-hydrogen) atoms. The molecular formula is C35H24N2. The molecule has 0 saturated carbocycles. The van der Waals surface area contributed by atoms with Crippen LogP contribution in [-0.2, 0) is 0 Å². The van der Waals surface area contributed by atoms with Crippen LogP contribution in [0, 0.1) is 0 Å². The zero-order chi connectivity index (χ0) is 24.6. The van der Waals surface area contributed by atoms with Crippen molar-refractivity contribution in [2.45, 2.75) is 0 Å². The summed E-state index contributed by atoms with van der Waals surface area (Å²) in [4.78, 5) is 5.09. The van der Waals surface area contributed by atoms with Gasteiger partial charge in [-0.1, -0.05) is 121 Å². The highest BCUT2D eigenvalue weighted by Gasteiger charge is 2.16. The lowest BCUT2D eigenvalue weighted by atomic mass is 10.00. The fraction of sp³-hybridized carbons (Fsp3) is 0. The van der Waals surface area contributed by atoms with E-state index in [1.54, 1.807) is 0 Å². The normalized spacial score (nSPS) is 11.2. The van der Waals surface area contributed by atoms with Gasteiger partial charge in [-0.05, 0) is 57.3 Å². The summed E-state index contributed by atoms with van der Waals surface area (Å²) in [6.07, 6.45) is 0. The first kappa shape index (κ1) is 21.3. The van der Waals surface area contributed by atoms with Crippen molar-refractivity contribution in [1.29, 1.82) is 0 Å². The van der Waals surface area contributed by atoms with E-state index < -0.39 is 0 Å². The standard InChI is InChI=1S/C35H24N2/c1-2-9-25(10-3-1)26-17-19-27(20-18-26)28-21-23-30(24-22-28)37-34-16-7-6-15-33(34)36-35(37)32-14-8-12-29-11-4-5-13-31(29)32/h1-24H. The Balaban J connectivity index is 1.32. The van der Waals surface area contributed by atoms with Crippen molar-refractivity contribution >= 4 is 21.8 Å². The first-order valence-corrected chi connectivity index (χ1v) is 12.6. The number of fused-ring (bicyclic) bond motifs is 2. The van der Waals surface area contributed by atoms with E-state index in [0.717, 1.165) is 28.1 Å². The van der Waals surface area contributed by atoms with Gasteiger partial charge in [-0.25, -0.2) is 4.98 Å². The van der Waals surface area contributed by atoms with Gasteiger partial charge in [0.15, 0.2) is 0 Å². The Labute approximate surface area is 216 Å². The number of para-hydroxylation sites is 2. The van der Waals surface area contributed by atoms with Gasteiger partial charge in [-0.3, -0.25) is 4.57 Å². The van der Waals surface area contributed by atoms with E-state index in [1.165, 1.54) is 33.0 Å². The molecule has 0 amide bonds. The minimum absolute atomic E-state index is 0.956. The molecule has 6 aromatic carbocycles. The summed E-state index contributed by atoms with van der Waals surface area (Å²) in [5.74, 6) is 0.956. The van der Waals surface area contributed by atoms with E-state index in [0.29, 0.717) is 0 Å². The van der Waals surface area contributed by atoms with Crippen LogP contribution in [-0.4, -0.2) is 9.55 Å². The summed E-state index contributed by atoms with van der Waals surface area (Å²) in [7, 11) is 0. The lowest BCUT2D eigenvalue weighted by molar-refractivity contribution is 1.11. The van der Waals surface area contributed by atoms with Crippen LogP contribution >= 0.6 is 0 Å². The maximum Gasteiger partial charge on any atom is 0.146 e. The molecule has 2 nitrogen and oxygen atoms in total. The molecule has 0 aliphatic heterocycles. The summed E-state index contributed by atoms with van der Waals surface area (Å²) >= 11 is 0. The van der Waals surface area contributed by atoms with Crippen LogP contribution in [0.1, 0.15) is 0 Å². The van der Waals surface area contributed by atoms with Gasteiger partial charge in [0.1, 0.15) is 5.82 Å². The Hall–Kier alpha value is -4.95. The molecule has 0 spiro atoms. The summed E-state index contributed by atoms with van der Waals surface area (Å²) in [5.41, 5.74) is 9.19. The smallest absolute Gasteiger partial charge is 0.146 e. The third kappa shape index (κ3) is 3.80. The number of aromatic nitrogens is 2. The molecule has 1 aromatic heterocycles. The molecule has 0 saturated heterocycles. The van der Waals surface area contributed by atoms with Gasteiger partial charge in [-0.2, -0.15) is 0 Å². The molecule has 0 unspecified atom stereocenters. The summed E-state index contributed by atoms with van der Waals surface area (Å²) in [5, 5.41) is 2.42. The molecule has 0 radical (unpaired) electrons. The van der Waals surface area contributed by atoms with E-state index in [4.69, 9.17) is 4.98 Å². The minimum Gasteiger partial charge on any atom is -0.292 e. The summed E-state index contributed by atoms with van der Waals surface area (Å²) in [6.45, 7) is 0. The zero-order valence-corrected chi connectivity index (χ0v) is 20.3. The third-order valence-corrected chi connectivity index (χ3v) is 7.04. The maximum absolute atomic E-state index is 5.09. The topological polar surface area (TPSA) is 17.8 Å². The van der Waals surface area contributed by atoms with Crippen LogP contribution in [0.15, 0.2) is 146 Å². The van der Waals surface area contributed by atoms with Crippen molar-refractivity contribution in [3.8, 4) is 39.3 Å². The Morgan fingerprint density at radius 1 is 0.432 bits per heavy atom. The fourth-order valence-corrected chi connectivity index (χ4v) is 5.18. The highest BCUT2D eigenvalue weighted by molar-refractivity contribution is 5.97. The Morgan fingerprint density at radius 3 is 1.76 bits per heavy atom. The SMILES string of the molecule is c1ccc(-c2ccc(-c3ccc(-n4c(-c5cccc6ccccc56)nc5ccccc54)cc3)cc2)cc1. The minimum atomic E-state index is 0.956. The molecular weight excluding hydrogens is 448 g/mol. The lowest BCUT2D eigenvalue weighted by Gasteiger charge is -2.12. The molecule has 0 fully saturated rings. The average molecular weight is 473 g/mol. The van der Waals surface area contributed by atoms with Crippen LogP contribution < -0.4 is 0 Å². The third-order valence-electron chi connectivity index (χ3n) is 7.04. The highest BCUT2D eigenvalue weighted by atomic mass is 15.1. The molecule has 0 aliphatic rings. The number of benzene rings is 6. The average Bonchev–Trinajstić information content (AvgIpc) is 3.37. The molecule has 0 aliphatic carbocycles. The fourth-order valence-electron chi connectivity index (χ4n) is 5.18. The molecule has 2 heteroatoms. The second kappa shape index (κ2) is 8.92. The van der Waals surface area contributed by atoms with Crippen LogP contribution in [0.4, 0.5) is 0 Å². The van der Waals surface area contributed by atoms with Crippen molar-refractivity contribution in [2.75, 3.05) is 0 Å². The van der Waals surface area contributed by atoms with Crippen molar-refractivity contribution in [1.82, 2.24) is 9.55 Å². The van der Waals surface area contributed by atoms with Gasteiger partial charge in [-0.15, -0.1) is 0 Å². The Kier molecular flexibility index (Phi) is 5.15. The van der Waals surface area contributed by atoms with Gasteiger partial charge < -0.3 is 0 Å². The first-order chi connectivity index (χ1) is 18.3. The van der Waals surface area contributed by atoms with Crippen LogP contribution in [0.25, 0.3) is 61.1 Å². The van der Waals surface area contributed by atoms with E-state index in [1.807, 2.05) is 0 Å². The van der Waals surface area contributed by atoms with Gasteiger partial charge in [0.2, 0.25) is 0 Å². The van der Waals surface area contributed by atoms with Crippen molar-refractivity contribution in [3.63, 3.8) is 0 Å². The Bertz CT molecular complexity index is 1840. The zero-order valence-electron chi connectivity index (χ0n) is 20.3. The molecule has 7 aromatic rings. The van der Waals surface area contributed by atoms with Gasteiger partial charge >= 0.3 is 0 Å². The number of rotatable bonds is 4. The number of hydrogen-bond acceptors (Lipinski definition) is 1. The van der Waals surface area contributed by atoms with Gasteiger partial charge in [0.25, 0.3) is 0 Å². The largest absolute Gasteiger partial charge is 0.292 e. The van der Waals surface area contributed by atoms with E-state index in [9.17, 15) is 0 Å². The van der Waals surface area contributed by atoms with Gasteiger partial charge in [0.05, 0.1) is 11.0 Å². The van der Waals surface area contributed by atoms with Crippen LogP contribution in [0.3, 0.4) is 0 Å². The summed E-state index contributed by atoms with van der Waals surface area (Å²) in [6, 6.07) is 51.4. The molecule has 0 bridgehead atoms. The first-order valence-electron chi connectivity index (χ1n) is 12.6. The van der Waals surface area contributed by atoms with Crippen molar-refractivity contribution < 1.29 is 0 Å². The molecule has 0 atom stereocenters. The second-order valence-electron chi connectivity index (χ2n) is 9.28. The maximum atomic E-state index is 5.09. The van der Waals surface area contributed by atoms with E-state index >= 15 is 0 Å². The number of hydrogen-bond donors (Lipinski definition) is 0. The molecule has 0 N–H and O–H groups in total. The monoisotopic (exact) mass is 472 g/mol. The number of nitrogens with zero attached hydrogens (tertiary/aromatic N) is 2. The molecule has 7 rings (SSSR count). The van der Waals surface area contributed by atoms with Gasteiger partial charge in [0, 0.05) is 11.3 Å². The van der Waals surface area contributed by atoms with Crippen LogP contribution in [0.2, 0.25) is 0 Å². The highest BCUT2D eigenvalue weighted by Crippen LogP contribution is 2.34. The predicted molar refractivity (Wildman–Crippen MR) is 155 cm³/mol. The molecule has 174 valence electrons. The quantitative estimate of drug-likeness (QED) is 0.250. The Morgan fingerprint density at radius 2 is 1.00 bits per heavy atom. The number of imidazole rings is 1. The van der Waals surface area contributed by atoms with E-state index in [2.05, 4.69) is 150 Å². The molecule has 1 heterocycles. The van der Waals surface area contributed by atoms with Crippen molar-refractivity contribution in [3.05, 3.63) is 146 Å². The van der Waals surface area contributed by atoms with Crippen LogP contribution in [0.5, 0.6) is 0 Å².